The topological polar surface area (TPSA) is 56.5 Å². The number of esters is 2. The average Bonchev–Trinajstić information content (AvgIpc) is 2.87. The van der Waals surface area contributed by atoms with Gasteiger partial charge in [0.05, 0.1) is 23.7 Å². The van der Waals surface area contributed by atoms with E-state index in [1.54, 1.807) is 36.4 Å². The molecule has 0 spiro atoms. The summed E-state index contributed by atoms with van der Waals surface area (Å²) in [5, 5.41) is 0. The second kappa shape index (κ2) is 4.00. The zero-order valence-corrected chi connectivity index (χ0v) is 9.25. The molecule has 4 heteroatoms. The SMILES string of the molecule is O=C1OC(=O)c2ccccc2C1=Cc1ccoc1. The van der Waals surface area contributed by atoms with Crippen LogP contribution >= 0.6 is 0 Å². The van der Waals surface area contributed by atoms with Crippen LogP contribution in [0.25, 0.3) is 11.6 Å². The molecule has 88 valence electrons. The molecule has 2 heterocycles. The quantitative estimate of drug-likeness (QED) is 0.436. The summed E-state index contributed by atoms with van der Waals surface area (Å²) in [7, 11) is 0. The number of cyclic esters (lactones) is 2. The lowest BCUT2D eigenvalue weighted by atomic mass is 9.96. The van der Waals surface area contributed by atoms with Gasteiger partial charge in [0.1, 0.15) is 0 Å². The second-order valence-electron chi connectivity index (χ2n) is 3.84. The highest BCUT2D eigenvalue weighted by Gasteiger charge is 2.29. The number of carbonyl (C=O) groups is 2. The molecule has 18 heavy (non-hydrogen) atoms. The fourth-order valence-corrected chi connectivity index (χ4v) is 1.86. The van der Waals surface area contributed by atoms with Crippen molar-refractivity contribution in [1.82, 2.24) is 0 Å². The Morgan fingerprint density at radius 1 is 0.944 bits per heavy atom. The molecular formula is C14H8O4. The molecular weight excluding hydrogens is 232 g/mol. The van der Waals surface area contributed by atoms with Crippen molar-refractivity contribution in [1.29, 1.82) is 0 Å². The van der Waals surface area contributed by atoms with E-state index in [1.807, 2.05) is 0 Å². The van der Waals surface area contributed by atoms with Crippen LogP contribution in [0, 0.1) is 0 Å². The van der Waals surface area contributed by atoms with Gasteiger partial charge < -0.3 is 9.15 Å². The third-order valence-electron chi connectivity index (χ3n) is 2.70. The highest BCUT2D eigenvalue weighted by atomic mass is 16.6. The van der Waals surface area contributed by atoms with Gasteiger partial charge in [0.25, 0.3) is 0 Å². The molecule has 0 radical (unpaired) electrons. The van der Waals surface area contributed by atoms with Crippen LogP contribution in [0.4, 0.5) is 0 Å². The van der Waals surface area contributed by atoms with E-state index in [2.05, 4.69) is 0 Å². The van der Waals surface area contributed by atoms with Crippen LogP contribution < -0.4 is 0 Å². The van der Waals surface area contributed by atoms with Crippen LogP contribution in [0.2, 0.25) is 0 Å². The van der Waals surface area contributed by atoms with Crippen molar-refractivity contribution < 1.29 is 18.7 Å². The molecule has 1 aromatic carbocycles. The first kappa shape index (κ1) is 10.5. The van der Waals surface area contributed by atoms with E-state index >= 15 is 0 Å². The Morgan fingerprint density at radius 3 is 2.44 bits per heavy atom. The number of carbonyl (C=O) groups excluding carboxylic acids is 2. The van der Waals surface area contributed by atoms with Gasteiger partial charge in [-0.2, -0.15) is 0 Å². The van der Waals surface area contributed by atoms with E-state index < -0.39 is 11.9 Å². The third-order valence-corrected chi connectivity index (χ3v) is 2.70. The zero-order chi connectivity index (χ0) is 12.5. The predicted octanol–water partition coefficient (Wildman–Crippen LogP) is 2.52. The molecule has 0 saturated carbocycles. The van der Waals surface area contributed by atoms with Crippen LogP contribution in [-0.2, 0) is 9.53 Å². The Kier molecular flexibility index (Phi) is 2.34. The standard InChI is InChI=1S/C14H8O4/c15-13-11-4-2-1-3-10(11)12(14(16)18-13)7-9-5-6-17-8-9/h1-8H. The molecule has 0 atom stereocenters. The minimum atomic E-state index is -0.639. The second-order valence-corrected chi connectivity index (χ2v) is 3.84. The highest BCUT2D eigenvalue weighted by Crippen LogP contribution is 2.28. The van der Waals surface area contributed by atoms with Gasteiger partial charge >= 0.3 is 11.9 Å². The maximum Gasteiger partial charge on any atom is 0.346 e. The summed E-state index contributed by atoms with van der Waals surface area (Å²) in [5.41, 5.74) is 2.07. The van der Waals surface area contributed by atoms with Crippen molar-refractivity contribution in [3.05, 3.63) is 59.5 Å². The summed E-state index contributed by atoms with van der Waals surface area (Å²) in [4.78, 5) is 23.3. The number of fused-ring (bicyclic) bond motifs is 1. The molecule has 0 amide bonds. The van der Waals surface area contributed by atoms with Crippen molar-refractivity contribution in [2.24, 2.45) is 0 Å². The van der Waals surface area contributed by atoms with E-state index in [-0.39, 0.29) is 0 Å². The van der Waals surface area contributed by atoms with Gasteiger partial charge in [0.2, 0.25) is 0 Å². The lowest BCUT2D eigenvalue weighted by molar-refractivity contribution is -0.131. The van der Waals surface area contributed by atoms with E-state index in [0.717, 1.165) is 5.56 Å². The summed E-state index contributed by atoms with van der Waals surface area (Å²) < 4.78 is 9.63. The van der Waals surface area contributed by atoms with Gasteiger partial charge in [-0.25, -0.2) is 9.59 Å². The molecule has 3 rings (SSSR count). The summed E-state index contributed by atoms with van der Waals surface area (Å²) >= 11 is 0. The fourth-order valence-electron chi connectivity index (χ4n) is 1.86. The van der Waals surface area contributed by atoms with Gasteiger partial charge in [0, 0.05) is 11.1 Å². The minimum Gasteiger partial charge on any atom is -0.472 e. The molecule has 4 nitrogen and oxygen atoms in total. The summed E-state index contributed by atoms with van der Waals surface area (Å²) in [6.07, 6.45) is 4.66. The Hall–Kier alpha value is -2.62. The summed E-state index contributed by atoms with van der Waals surface area (Å²) in [6, 6.07) is 8.57. The smallest absolute Gasteiger partial charge is 0.346 e. The third kappa shape index (κ3) is 1.64. The molecule has 0 saturated heterocycles. The number of furan rings is 1. The summed E-state index contributed by atoms with van der Waals surface area (Å²) in [5.74, 6) is -1.25. The lowest BCUT2D eigenvalue weighted by Gasteiger charge is -2.16. The fraction of sp³-hybridized carbons (Fsp3) is 0. The Bertz CT molecular complexity index is 650. The Balaban J connectivity index is 2.18. The van der Waals surface area contributed by atoms with Crippen LogP contribution in [0.5, 0.6) is 0 Å². The van der Waals surface area contributed by atoms with Crippen molar-refractivity contribution >= 4 is 23.6 Å². The number of ether oxygens (including phenoxy) is 1. The largest absolute Gasteiger partial charge is 0.472 e. The number of hydrogen-bond donors (Lipinski definition) is 0. The first-order chi connectivity index (χ1) is 8.75. The summed E-state index contributed by atoms with van der Waals surface area (Å²) in [6.45, 7) is 0. The van der Waals surface area contributed by atoms with E-state index in [0.29, 0.717) is 16.7 Å². The molecule has 2 aromatic rings. The van der Waals surface area contributed by atoms with Gasteiger partial charge in [0.15, 0.2) is 0 Å². The van der Waals surface area contributed by atoms with Gasteiger partial charge in [-0.1, -0.05) is 18.2 Å². The first-order valence-corrected chi connectivity index (χ1v) is 5.35. The van der Waals surface area contributed by atoms with Crippen molar-refractivity contribution in [3.8, 4) is 0 Å². The molecule has 1 aliphatic heterocycles. The highest BCUT2D eigenvalue weighted by molar-refractivity contribution is 6.29. The van der Waals surface area contributed by atoms with Crippen LogP contribution in [0.1, 0.15) is 21.5 Å². The molecule has 0 bridgehead atoms. The number of benzene rings is 1. The monoisotopic (exact) mass is 240 g/mol. The molecule has 0 aliphatic carbocycles. The molecule has 0 unspecified atom stereocenters. The number of hydrogen-bond acceptors (Lipinski definition) is 4. The van der Waals surface area contributed by atoms with Crippen LogP contribution in [-0.4, -0.2) is 11.9 Å². The van der Waals surface area contributed by atoms with Crippen LogP contribution in [0.15, 0.2) is 47.3 Å². The van der Waals surface area contributed by atoms with Gasteiger partial charge in [-0.05, 0) is 18.2 Å². The van der Waals surface area contributed by atoms with Gasteiger partial charge in [-0.3, -0.25) is 0 Å². The van der Waals surface area contributed by atoms with Gasteiger partial charge in [-0.15, -0.1) is 0 Å². The Morgan fingerprint density at radius 2 is 1.72 bits per heavy atom. The minimum absolute atomic E-state index is 0.353. The van der Waals surface area contributed by atoms with Crippen molar-refractivity contribution in [2.45, 2.75) is 0 Å². The van der Waals surface area contributed by atoms with E-state index in [4.69, 9.17) is 9.15 Å². The predicted molar refractivity (Wildman–Crippen MR) is 63.4 cm³/mol. The molecule has 1 aromatic heterocycles. The maximum atomic E-state index is 11.8. The van der Waals surface area contributed by atoms with Crippen LogP contribution in [0.3, 0.4) is 0 Å². The first-order valence-electron chi connectivity index (χ1n) is 5.35. The lowest BCUT2D eigenvalue weighted by Crippen LogP contribution is -2.21. The average molecular weight is 240 g/mol. The van der Waals surface area contributed by atoms with E-state index in [9.17, 15) is 9.59 Å². The maximum absolute atomic E-state index is 11.8. The molecule has 0 N–H and O–H groups in total. The van der Waals surface area contributed by atoms with Crippen molar-refractivity contribution in [2.75, 3.05) is 0 Å². The normalized spacial score (nSPS) is 16.6. The van der Waals surface area contributed by atoms with Crippen molar-refractivity contribution in [3.63, 3.8) is 0 Å². The molecule has 0 fully saturated rings. The molecule has 1 aliphatic rings. The Labute approximate surface area is 102 Å². The zero-order valence-electron chi connectivity index (χ0n) is 9.25. The van der Waals surface area contributed by atoms with E-state index in [1.165, 1.54) is 12.5 Å². The number of rotatable bonds is 1.